The van der Waals surface area contributed by atoms with Gasteiger partial charge in [0.25, 0.3) is 5.91 Å². The van der Waals surface area contributed by atoms with Crippen LogP contribution in [0.25, 0.3) is 0 Å². The molecule has 2 amide bonds. The first-order valence-corrected chi connectivity index (χ1v) is 6.97. The van der Waals surface area contributed by atoms with Crippen LogP contribution < -0.4 is 16.0 Å². The van der Waals surface area contributed by atoms with E-state index in [2.05, 4.69) is 16.0 Å². The molecule has 0 aliphatic rings. The van der Waals surface area contributed by atoms with E-state index in [1.165, 1.54) is 0 Å². The molecule has 1 unspecified atom stereocenters. The monoisotopic (exact) mass is 333 g/mol. The highest BCUT2D eigenvalue weighted by Gasteiger charge is 2.15. The number of rotatable bonds is 7. The number of halogens is 2. The lowest BCUT2D eigenvalue weighted by atomic mass is 10.2. The average molecular weight is 334 g/mol. The predicted octanol–water partition coefficient (Wildman–Crippen LogP) is 1.61. The normalized spacial score (nSPS) is 11.2. The summed E-state index contributed by atoms with van der Waals surface area (Å²) in [7, 11) is 0. The van der Waals surface area contributed by atoms with Gasteiger partial charge in [0.05, 0.1) is 0 Å². The van der Waals surface area contributed by atoms with E-state index in [9.17, 15) is 9.59 Å². The molecular formula is C14H21Cl2N3O2. The number of benzene rings is 1. The van der Waals surface area contributed by atoms with E-state index >= 15 is 0 Å². The largest absolute Gasteiger partial charge is 0.353 e. The second-order valence-corrected chi connectivity index (χ2v) is 4.78. The maximum Gasteiger partial charge on any atom is 0.251 e. The number of amides is 2. The van der Waals surface area contributed by atoms with Crippen LogP contribution >= 0.6 is 24.0 Å². The first-order valence-electron chi connectivity index (χ1n) is 6.59. The Labute approximate surface area is 136 Å². The van der Waals surface area contributed by atoms with Gasteiger partial charge in [-0.25, -0.2) is 0 Å². The number of hydrogen-bond donors (Lipinski definition) is 3. The van der Waals surface area contributed by atoms with Crippen molar-refractivity contribution in [2.45, 2.75) is 19.9 Å². The van der Waals surface area contributed by atoms with E-state index in [4.69, 9.17) is 11.6 Å². The fraction of sp³-hybridized carbons (Fsp3) is 0.429. The van der Waals surface area contributed by atoms with Crippen LogP contribution in [0.3, 0.4) is 0 Å². The van der Waals surface area contributed by atoms with Crippen LogP contribution in [0.1, 0.15) is 24.2 Å². The Morgan fingerprint density at radius 3 is 2.38 bits per heavy atom. The molecule has 0 saturated heterocycles. The number of carbonyl (C=O) groups excluding carboxylic acids is 2. The van der Waals surface area contributed by atoms with Gasteiger partial charge in [-0.1, -0.05) is 18.5 Å². The minimum absolute atomic E-state index is 0. The summed E-state index contributed by atoms with van der Waals surface area (Å²) in [6, 6.07) is 5.93. The Balaban J connectivity index is 0.00000400. The Kier molecular flexibility index (Phi) is 9.78. The van der Waals surface area contributed by atoms with Crippen molar-refractivity contribution in [1.29, 1.82) is 0 Å². The smallest absolute Gasteiger partial charge is 0.251 e. The van der Waals surface area contributed by atoms with Gasteiger partial charge in [0.1, 0.15) is 6.04 Å². The molecule has 0 saturated carbocycles. The Bertz CT molecular complexity index is 452. The predicted molar refractivity (Wildman–Crippen MR) is 87.2 cm³/mol. The van der Waals surface area contributed by atoms with Gasteiger partial charge in [0, 0.05) is 23.7 Å². The van der Waals surface area contributed by atoms with Gasteiger partial charge in [-0.15, -0.1) is 12.4 Å². The quantitative estimate of drug-likeness (QED) is 0.664. The van der Waals surface area contributed by atoms with Crippen LogP contribution in [0.5, 0.6) is 0 Å². The average Bonchev–Trinajstić information content (AvgIpc) is 2.44. The molecule has 1 rings (SSSR count). The van der Waals surface area contributed by atoms with E-state index in [0.717, 1.165) is 6.54 Å². The van der Waals surface area contributed by atoms with Crippen molar-refractivity contribution in [2.24, 2.45) is 0 Å². The fourth-order valence-corrected chi connectivity index (χ4v) is 1.68. The molecule has 118 valence electrons. The lowest BCUT2D eigenvalue weighted by molar-refractivity contribution is -0.122. The van der Waals surface area contributed by atoms with E-state index in [-0.39, 0.29) is 24.2 Å². The molecule has 21 heavy (non-hydrogen) atoms. The maximum atomic E-state index is 11.9. The molecule has 0 aromatic heterocycles. The van der Waals surface area contributed by atoms with Crippen molar-refractivity contribution in [2.75, 3.05) is 19.6 Å². The van der Waals surface area contributed by atoms with Crippen molar-refractivity contribution in [1.82, 2.24) is 16.0 Å². The molecule has 0 radical (unpaired) electrons. The SMILES string of the molecule is CCNCCNC(=O)C(C)NC(=O)c1ccc(Cl)cc1.Cl. The van der Waals surface area contributed by atoms with Gasteiger partial charge in [-0.2, -0.15) is 0 Å². The summed E-state index contributed by atoms with van der Waals surface area (Å²) in [5.74, 6) is -0.499. The molecule has 7 heteroatoms. The third-order valence-corrected chi connectivity index (χ3v) is 2.95. The van der Waals surface area contributed by atoms with Crippen LogP contribution in [-0.2, 0) is 4.79 Å². The number of hydrogen-bond acceptors (Lipinski definition) is 3. The van der Waals surface area contributed by atoms with Gasteiger partial charge in [-0.05, 0) is 37.7 Å². The number of carbonyl (C=O) groups is 2. The number of nitrogens with one attached hydrogen (secondary N) is 3. The van der Waals surface area contributed by atoms with Gasteiger partial charge < -0.3 is 16.0 Å². The maximum absolute atomic E-state index is 11.9. The van der Waals surface area contributed by atoms with Gasteiger partial charge in [0.2, 0.25) is 5.91 Å². The molecular weight excluding hydrogens is 313 g/mol. The van der Waals surface area contributed by atoms with Gasteiger partial charge in [-0.3, -0.25) is 9.59 Å². The van der Waals surface area contributed by atoms with Crippen molar-refractivity contribution in [3.63, 3.8) is 0 Å². The van der Waals surface area contributed by atoms with Gasteiger partial charge in [0.15, 0.2) is 0 Å². The molecule has 1 atom stereocenters. The second kappa shape index (κ2) is 10.4. The summed E-state index contributed by atoms with van der Waals surface area (Å²) in [6.07, 6.45) is 0. The first kappa shape index (κ1) is 19.7. The van der Waals surface area contributed by atoms with E-state index < -0.39 is 6.04 Å². The summed E-state index contributed by atoms with van der Waals surface area (Å²) in [4.78, 5) is 23.7. The van der Waals surface area contributed by atoms with Crippen molar-refractivity contribution < 1.29 is 9.59 Å². The van der Waals surface area contributed by atoms with Crippen molar-refractivity contribution in [3.05, 3.63) is 34.9 Å². The minimum Gasteiger partial charge on any atom is -0.353 e. The van der Waals surface area contributed by atoms with Crippen LogP contribution in [0.2, 0.25) is 5.02 Å². The topological polar surface area (TPSA) is 70.2 Å². The third kappa shape index (κ3) is 7.32. The molecule has 1 aromatic rings. The molecule has 5 nitrogen and oxygen atoms in total. The van der Waals surface area contributed by atoms with Gasteiger partial charge >= 0.3 is 0 Å². The summed E-state index contributed by atoms with van der Waals surface area (Å²) >= 11 is 5.75. The first-order chi connectivity index (χ1) is 9.54. The Morgan fingerprint density at radius 1 is 1.19 bits per heavy atom. The molecule has 0 aliphatic carbocycles. The van der Waals surface area contributed by atoms with Crippen LogP contribution in [0, 0.1) is 0 Å². The van der Waals surface area contributed by atoms with Crippen LogP contribution in [0.4, 0.5) is 0 Å². The number of likely N-dealkylation sites (N-methyl/N-ethyl adjacent to an activating group) is 1. The molecule has 0 heterocycles. The standard InChI is InChI=1S/C14H20ClN3O2.ClH/c1-3-16-8-9-17-13(19)10(2)18-14(20)11-4-6-12(15)7-5-11;/h4-7,10,16H,3,8-9H2,1-2H3,(H,17,19)(H,18,20);1H. The van der Waals surface area contributed by atoms with Crippen LogP contribution in [0.15, 0.2) is 24.3 Å². The highest BCUT2D eigenvalue weighted by Crippen LogP contribution is 2.09. The van der Waals surface area contributed by atoms with E-state index in [0.29, 0.717) is 23.7 Å². The second-order valence-electron chi connectivity index (χ2n) is 4.35. The highest BCUT2D eigenvalue weighted by molar-refractivity contribution is 6.30. The lowest BCUT2D eigenvalue weighted by Crippen LogP contribution is -2.46. The Hall–Kier alpha value is -1.30. The Morgan fingerprint density at radius 2 is 1.81 bits per heavy atom. The fourth-order valence-electron chi connectivity index (χ4n) is 1.55. The third-order valence-electron chi connectivity index (χ3n) is 2.70. The van der Waals surface area contributed by atoms with Crippen molar-refractivity contribution in [3.8, 4) is 0 Å². The van der Waals surface area contributed by atoms with Crippen molar-refractivity contribution >= 4 is 35.8 Å². The van der Waals surface area contributed by atoms with E-state index in [1.54, 1.807) is 31.2 Å². The van der Waals surface area contributed by atoms with Crippen LogP contribution in [-0.4, -0.2) is 37.5 Å². The minimum atomic E-state index is -0.584. The zero-order chi connectivity index (χ0) is 15.0. The highest BCUT2D eigenvalue weighted by atomic mass is 35.5. The van der Waals surface area contributed by atoms with E-state index in [1.807, 2.05) is 6.92 Å². The lowest BCUT2D eigenvalue weighted by Gasteiger charge is -2.14. The molecule has 0 fully saturated rings. The summed E-state index contributed by atoms with van der Waals surface area (Å²) in [6.45, 7) is 5.75. The summed E-state index contributed by atoms with van der Waals surface area (Å²) in [5.41, 5.74) is 0.474. The zero-order valence-electron chi connectivity index (χ0n) is 12.1. The summed E-state index contributed by atoms with van der Waals surface area (Å²) in [5, 5.41) is 9.05. The summed E-state index contributed by atoms with van der Waals surface area (Å²) < 4.78 is 0. The molecule has 0 spiro atoms. The molecule has 0 aliphatic heterocycles. The molecule has 1 aromatic carbocycles. The zero-order valence-corrected chi connectivity index (χ0v) is 13.7. The molecule has 3 N–H and O–H groups in total. The molecule has 0 bridgehead atoms.